The van der Waals surface area contributed by atoms with E-state index in [-0.39, 0.29) is 11.7 Å². The quantitative estimate of drug-likeness (QED) is 0.753. The molecule has 1 aliphatic heterocycles. The largest absolute Gasteiger partial charge is 0.467 e. The van der Waals surface area contributed by atoms with Crippen molar-refractivity contribution in [3.05, 3.63) is 54.2 Å². The molecule has 0 aliphatic carbocycles. The van der Waals surface area contributed by atoms with Crippen molar-refractivity contribution >= 4 is 16.8 Å². The first-order valence-electron chi connectivity index (χ1n) is 8.05. The highest BCUT2D eigenvalue weighted by Crippen LogP contribution is 2.23. The molecule has 1 fully saturated rings. The Morgan fingerprint density at radius 2 is 2.04 bits per heavy atom. The molecule has 1 aromatic carbocycles. The molecule has 0 unspecified atom stereocenters. The number of hydrogen-bond acceptors (Lipinski definition) is 4. The number of para-hydroxylation sites is 2. The zero-order chi connectivity index (χ0) is 15.6. The highest BCUT2D eigenvalue weighted by atomic mass is 16.3. The normalized spacial score (nSPS) is 16.0. The van der Waals surface area contributed by atoms with Crippen LogP contribution in [0.15, 0.2) is 47.1 Å². The van der Waals surface area contributed by atoms with E-state index in [4.69, 9.17) is 4.42 Å². The summed E-state index contributed by atoms with van der Waals surface area (Å²) in [5, 5.41) is 3.30. The summed E-state index contributed by atoms with van der Waals surface area (Å²) in [6.45, 7) is 2.32. The smallest absolute Gasteiger partial charge is 0.201 e. The average molecular weight is 309 g/mol. The lowest BCUT2D eigenvalue weighted by Gasteiger charge is -2.21. The lowest BCUT2D eigenvalue weighted by molar-refractivity contribution is 0.0880. The van der Waals surface area contributed by atoms with Crippen LogP contribution < -0.4 is 5.32 Å². The zero-order valence-corrected chi connectivity index (χ0v) is 12.9. The summed E-state index contributed by atoms with van der Waals surface area (Å²) in [4.78, 5) is 17.6. The molecule has 1 aliphatic rings. The third-order valence-electron chi connectivity index (χ3n) is 4.48. The van der Waals surface area contributed by atoms with Crippen LogP contribution in [0.1, 0.15) is 29.2 Å². The van der Waals surface area contributed by atoms with Crippen molar-refractivity contribution in [2.24, 2.45) is 5.92 Å². The van der Waals surface area contributed by atoms with Gasteiger partial charge in [0.1, 0.15) is 5.76 Å². The third-order valence-corrected chi connectivity index (χ3v) is 4.48. The van der Waals surface area contributed by atoms with Crippen LogP contribution in [0, 0.1) is 5.92 Å². The summed E-state index contributed by atoms with van der Waals surface area (Å²) in [5.41, 5.74) is 1.83. The van der Waals surface area contributed by atoms with Crippen LogP contribution in [0.5, 0.6) is 0 Å². The lowest BCUT2D eigenvalue weighted by Crippen LogP contribution is -2.33. The summed E-state index contributed by atoms with van der Waals surface area (Å²) in [5.74, 6) is 1.58. The van der Waals surface area contributed by atoms with Gasteiger partial charge in [0, 0.05) is 5.92 Å². The molecular formula is C18H19N3O2. The Balaban J connectivity index is 1.76. The number of furan rings is 1. The molecule has 0 radical (unpaired) electrons. The monoisotopic (exact) mass is 309 g/mol. The van der Waals surface area contributed by atoms with Crippen LogP contribution >= 0.6 is 0 Å². The van der Waals surface area contributed by atoms with E-state index < -0.39 is 0 Å². The van der Waals surface area contributed by atoms with Crippen LogP contribution in [0.4, 0.5) is 0 Å². The second-order valence-corrected chi connectivity index (χ2v) is 5.98. The summed E-state index contributed by atoms with van der Waals surface area (Å²) < 4.78 is 7.45. The van der Waals surface area contributed by atoms with Crippen LogP contribution in [-0.4, -0.2) is 28.4 Å². The van der Waals surface area contributed by atoms with E-state index in [9.17, 15) is 4.79 Å². The molecular weight excluding hydrogens is 290 g/mol. The number of benzene rings is 1. The van der Waals surface area contributed by atoms with Gasteiger partial charge in [-0.05, 0) is 50.2 Å². The minimum absolute atomic E-state index is 0.0587. The standard InChI is InChI=1S/C18H19N3O2/c22-17(13-7-9-19-10-8-13)18-20-15-5-1-2-6-16(15)21(18)12-14-4-3-11-23-14/h1-6,11,13,19H,7-10,12H2. The van der Waals surface area contributed by atoms with Gasteiger partial charge in [0.05, 0.1) is 23.8 Å². The fourth-order valence-electron chi connectivity index (χ4n) is 3.25. The molecule has 1 saturated heterocycles. The number of nitrogens with one attached hydrogen (secondary N) is 1. The van der Waals surface area contributed by atoms with Gasteiger partial charge >= 0.3 is 0 Å². The van der Waals surface area contributed by atoms with E-state index in [1.54, 1.807) is 6.26 Å². The minimum atomic E-state index is 0.0587. The van der Waals surface area contributed by atoms with E-state index in [1.807, 2.05) is 41.0 Å². The number of carbonyl (C=O) groups is 1. The number of imidazole rings is 1. The minimum Gasteiger partial charge on any atom is -0.467 e. The summed E-state index contributed by atoms with van der Waals surface area (Å²) in [6, 6.07) is 11.7. The molecule has 3 aromatic rings. The maximum Gasteiger partial charge on any atom is 0.201 e. The molecule has 23 heavy (non-hydrogen) atoms. The first-order valence-corrected chi connectivity index (χ1v) is 8.05. The van der Waals surface area contributed by atoms with Gasteiger partial charge in [-0.2, -0.15) is 0 Å². The molecule has 118 valence electrons. The van der Waals surface area contributed by atoms with Crippen molar-refractivity contribution in [2.75, 3.05) is 13.1 Å². The summed E-state index contributed by atoms with van der Waals surface area (Å²) >= 11 is 0. The first-order chi connectivity index (χ1) is 11.3. The van der Waals surface area contributed by atoms with Gasteiger partial charge in [-0.1, -0.05) is 12.1 Å². The molecule has 2 aromatic heterocycles. The highest BCUT2D eigenvalue weighted by molar-refractivity contribution is 5.98. The Kier molecular flexibility index (Phi) is 3.71. The summed E-state index contributed by atoms with van der Waals surface area (Å²) in [6.07, 6.45) is 3.41. The van der Waals surface area contributed by atoms with Gasteiger partial charge in [-0.3, -0.25) is 4.79 Å². The number of nitrogens with zero attached hydrogens (tertiary/aromatic N) is 2. The highest BCUT2D eigenvalue weighted by Gasteiger charge is 2.27. The molecule has 0 spiro atoms. The van der Waals surface area contributed by atoms with Crippen LogP contribution in [0.2, 0.25) is 0 Å². The predicted molar refractivity (Wildman–Crippen MR) is 87.5 cm³/mol. The predicted octanol–water partition coefficient (Wildman–Crippen LogP) is 2.86. The van der Waals surface area contributed by atoms with Crippen LogP contribution in [0.3, 0.4) is 0 Å². The Hall–Kier alpha value is -2.40. The number of ketones is 1. The number of fused-ring (bicyclic) bond motifs is 1. The van der Waals surface area contributed by atoms with Gasteiger partial charge in [-0.15, -0.1) is 0 Å². The molecule has 3 heterocycles. The van der Waals surface area contributed by atoms with Gasteiger partial charge in [0.25, 0.3) is 0 Å². The Bertz CT molecular complexity index is 814. The fraction of sp³-hybridized carbons (Fsp3) is 0.333. The Labute approximate surface area is 134 Å². The molecule has 5 heteroatoms. The van der Waals surface area contributed by atoms with E-state index in [0.717, 1.165) is 42.7 Å². The topological polar surface area (TPSA) is 60.1 Å². The Morgan fingerprint density at radius 1 is 1.22 bits per heavy atom. The number of Topliss-reactive ketones (excluding diaryl/α,β-unsaturated/α-hetero) is 1. The van der Waals surface area contributed by atoms with Crippen molar-refractivity contribution < 1.29 is 9.21 Å². The number of rotatable bonds is 4. The van der Waals surface area contributed by atoms with Crippen molar-refractivity contribution in [3.63, 3.8) is 0 Å². The van der Waals surface area contributed by atoms with Crippen LogP contribution in [-0.2, 0) is 6.54 Å². The van der Waals surface area contributed by atoms with Gasteiger partial charge in [0.15, 0.2) is 5.82 Å². The molecule has 0 atom stereocenters. The second-order valence-electron chi connectivity index (χ2n) is 5.98. The number of aromatic nitrogens is 2. The number of hydrogen-bond donors (Lipinski definition) is 1. The van der Waals surface area contributed by atoms with Gasteiger partial charge in [0.2, 0.25) is 5.78 Å². The fourth-order valence-corrected chi connectivity index (χ4v) is 3.25. The molecule has 0 bridgehead atoms. The molecule has 1 N–H and O–H groups in total. The van der Waals surface area contributed by atoms with Crippen molar-refractivity contribution in [3.8, 4) is 0 Å². The van der Waals surface area contributed by atoms with E-state index in [2.05, 4.69) is 10.3 Å². The van der Waals surface area contributed by atoms with Crippen molar-refractivity contribution in [2.45, 2.75) is 19.4 Å². The number of piperidine rings is 1. The SMILES string of the molecule is O=C(c1nc2ccccc2n1Cc1ccco1)C1CCNCC1. The lowest BCUT2D eigenvalue weighted by atomic mass is 9.93. The van der Waals surface area contributed by atoms with E-state index >= 15 is 0 Å². The zero-order valence-electron chi connectivity index (χ0n) is 12.9. The van der Waals surface area contributed by atoms with Gasteiger partial charge < -0.3 is 14.3 Å². The maximum atomic E-state index is 13.0. The van der Waals surface area contributed by atoms with E-state index in [0.29, 0.717) is 12.4 Å². The molecule has 0 amide bonds. The second kappa shape index (κ2) is 6.01. The third kappa shape index (κ3) is 2.68. The average Bonchev–Trinajstić information content (AvgIpc) is 3.24. The Morgan fingerprint density at radius 3 is 2.83 bits per heavy atom. The molecule has 4 rings (SSSR count). The molecule has 5 nitrogen and oxygen atoms in total. The van der Waals surface area contributed by atoms with Crippen LogP contribution in [0.25, 0.3) is 11.0 Å². The number of carbonyl (C=O) groups excluding carboxylic acids is 1. The van der Waals surface area contributed by atoms with Crippen molar-refractivity contribution in [1.29, 1.82) is 0 Å². The van der Waals surface area contributed by atoms with Gasteiger partial charge in [-0.25, -0.2) is 4.98 Å². The maximum absolute atomic E-state index is 13.0. The summed E-state index contributed by atoms with van der Waals surface area (Å²) in [7, 11) is 0. The van der Waals surface area contributed by atoms with Crippen molar-refractivity contribution in [1.82, 2.24) is 14.9 Å². The first kappa shape index (κ1) is 14.2. The van der Waals surface area contributed by atoms with E-state index in [1.165, 1.54) is 0 Å². The molecule has 0 saturated carbocycles.